The predicted molar refractivity (Wildman–Crippen MR) is 80.6 cm³/mol. The van der Waals surface area contributed by atoms with E-state index in [1.165, 1.54) is 12.1 Å². The molecular formula is C12H12Cl3NO4S. The van der Waals surface area contributed by atoms with Crippen molar-refractivity contribution in [1.29, 1.82) is 0 Å². The molecule has 0 radical (unpaired) electrons. The monoisotopic (exact) mass is 371 g/mol. The van der Waals surface area contributed by atoms with Gasteiger partial charge in [-0.1, -0.05) is 34.8 Å². The van der Waals surface area contributed by atoms with Gasteiger partial charge in [-0.15, -0.1) is 0 Å². The lowest BCUT2D eigenvalue weighted by Crippen LogP contribution is -2.47. The zero-order chi connectivity index (χ0) is 15.8. The third-order valence-electron chi connectivity index (χ3n) is 3.27. The minimum atomic E-state index is -4.10. The van der Waals surface area contributed by atoms with Crippen molar-refractivity contribution in [3.8, 4) is 0 Å². The fraction of sp³-hybridized carbons (Fsp3) is 0.417. The van der Waals surface area contributed by atoms with Gasteiger partial charge in [-0.2, -0.15) is 4.31 Å². The fourth-order valence-corrected chi connectivity index (χ4v) is 5.48. The van der Waals surface area contributed by atoms with E-state index in [4.69, 9.17) is 34.8 Å². The van der Waals surface area contributed by atoms with Crippen molar-refractivity contribution in [1.82, 2.24) is 4.31 Å². The topological polar surface area (TPSA) is 74.7 Å². The van der Waals surface area contributed by atoms with Crippen molar-refractivity contribution in [3.05, 3.63) is 27.2 Å². The van der Waals surface area contributed by atoms with Gasteiger partial charge in [0.2, 0.25) is 10.0 Å². The third-order valence-corrected chi connectivity index (χ3v) is 6.32. The summed E-state index contributed by atoms with van der Waals surface area (Å²) in [5.41, 5.74) is 0. The molecule has 1 aliphatic heterocycles. The molecule has 0 amide bonds. The van der Waals surface area contributed by atoms with Crippen LogP contribution in [0.2, 0.25) is 15.1 Å². The van der Waals surface area contributed by atoms with Gasteiger partial charge in [0, 0.05) is 11.6 Å². The Balaban J connectivity index is 2.53. The number of halogens is 3. The minimum absolute atomic E-state index is 0.120. The highest BCUT2D eigenvalue weighted by atomic mass is 35.5. The number of hydrogen-bond acceptors (Lipinski definition) is 3. The molecule has 1 aromatic rings. The number of carboxylic acid groups (broad SMARTS) is 1. The van der Waals surface area contributed by atoms with E-state index in [1.807, 2.05) is 0 Å². The number of aliphatic carboxylic acids is 1. The Bertz CT molecular complexity index is 654. The van der Waals surface area contributed by atoms with Crippen molar-refractivity contribution in [2.24, 2.45) is 0 Å². The van der Waals surface area contributed by atoms with Gasteiger partial charge < -0.3 is 5.11 Å². The number of carboxylic acids is 1. The summed E-state index contributed by atoms with van der Waals surface area (Å²) in [4.78, 5) is 11.0. The molecule has 0 saturated carbocycles. The molecule has 0 aliphatic carbocycles. The Morgan fingerprint density at radius 2 is 1.76 bits per heavy atom. The van der Waals surface area contributed by atoms with E-state index in [0.717, 1.165) is 4.31 Å². The highest BCUT2D eigenvalue weighted by Gasteiger charge is 2.39. The highest BCUT2D eigenvalue weighted by Crippen LogP contribution is 2.36. The van der Waals surface area contributed by atoms with Crippen molar-refractivity contribution in [2.75, 3.05) is 6.54 Å². The van der Waals surface area contributed by atoms with Crippen molar-refractivity contribution >= 4 is 50.8 Å². The van der Waals surface area contributed by atoms with Crippen LogP contribution in [0.5, 0.6) is 0 Å². The molecule has 1 aliphatic rings. The second-order valence-corrected chi connectivity index (χ2v) is 7.74. The third kappa shape index (κ3) is 3.29. The predicted octanol–water partition coefficient (Wildman–Crippen LogP) is 3.27. The smallest absolute Gasteiger partial charge is 0.322 e. The SMILES string of the molecule is O=C(O)[C@@H]1CCCCN1S(=O)(=O)c1c(Cl)cc(Cl)cc1Cl. The van der Waals surface area contributed by atoms with Crippen LogP contribution in [0.4, 0.5) is 0 Å². The van der Waals surface area contributed by atoms with E-state index >= 15 is 0 Å². The van der Waals surface area contributed by atoms with Gasteiger partial charge >= 0.3 is 5.97 Å². The van der Waals surface area contributed by atoms with E-state index < -0.39 is 22.0 Å². The maximum atomic E-state index is 12.7. The number of piperidine rings is 1. The first-order chi connectivity index (χ1) is 9.75. The first-order valence-corrected chi connectivity index (χ1v) is 8.71. The van der Waals surface area contributed by atoms with Gasteiger partial charge in [-0.25, -0.2) is 8.42 Å². The zero-order valence-corrected chi connectivity index (χ0v) is 13.8. The summed E-state index contributed by atoms with van der Waals surface area (Å²) in [6.07, 6.45) is 1.51. The van der Waals surface area contributed by atoms with Crippen LogP contribution in [0.1, 0.15) is 19.3 Å². The molecule has 1 fully saturated rings. The number of benzene rings is 1. The Labute approximate surface area is 137 Å². The average Bonchev–Trinajstić information content (AvgIpc) is 2.37. The Morgan fingerprint density at radius 3 is 2.29 bits per heavy atom. The molecule has 0 aromatic heterocycles. The average molecular weight is 373 g/mol. The number of hydrogen-bond donors (Lipinski definition) is 1. The molecule has 1 saturated heterocycles. The van der Waals surface area contributed by atoms with Crippen LogP contribution in [0.15, 0.2) is 17.0 Å². The molecule has 9 heteroatoms. The standard InChI is InChI=1S/C12H12Cl3NO4S/c13-7-5-8(14)11(9(15)6-7)21(19,20)16-4-2-1-3-10(16)12(17)18/h5-6,10H,1-4H2,(H,17,18)/t10-/m0/s1. The minimum Gasteiger partial charge on any atom is -0.480 e. The number of sulfonamides is 1. The molecular weight excluding hydrogens is 361 g/mol. The van der Waals surface area contributed by atoms with E-state index in [9.17, 15) is 18.3 Å². The lowest BCUT2D eigenvalue weighted by Gasteiger charge is -2.32. The summed E-state index contributed by atoms with van der Waals surface area (Å²) in [6.45, 7) is 0.120. The van der Waals surface area contributed by atoms with E-state index in [1.54, 1.807) is 0 Å². The quantitative estimate of drug-likeness (QED) is 0.883. The van der Waals surface area contributed by atoms with Crippen LogP contribution in [-0.2, 0) is 14.8 Å². The molecule has 2 rings (SSSR count). The summed E-state index contributed by atoms with van der Waals surface area (Å²) in [7, 11) is -4.10. The van der Waals surface area contributed by atoms with Crippen LogP contribution in [0.25, 0.3) is 0 Å². The molecule has 1 heterocycles. The maximum Gasteiger partial charge on any atom is 0.322 e. The van der Waals surface area contributed by atoms with Crippen molar-refractivity contribution in [3.63, 3.8) is 0 Å². The summed E-state index contributed by atoms with van der Waals surface area (Å²) >= 11 is 17.7. The Morgan fingerprint density at radius 1 is 1.19 bits per heavy atom. The molecule has 1 N–H and O–H groups in total. The van der Waals surface area contributed by atoms with Crippen LogP contribution in [0.3, 0.4) is 0 Å². The molecule has 0 spiro atoms. The van der Waals surface area contributed by atoms with Gasteiger partial charge in [0.15, 0.2) is 0 Å². The van der Waals surface area contributed by atoms with Gasteiger partial charge in [0.05, 0.1) is 10.0 Å². The second kappa shape index (κ2) is 6.30. The molecule has 1 atom stereocenters. The molecule has 0 bridgehead atoms. The number of carbonyl (C=O) groups is 1. The molecule has 1 aromatic carbocycles. The zero-order valence-electron chi connectivity index (χ0n) is 10.7. The normalized spacial score (nSPS) is 20.4. The van der Waals surface area contributed by atoms with Gasteiger partial charge in [0.25, 0.3) is 0 Å². The van der Waals surface area contributed by atoms with Gasteiger partial charge in [-0.05, 0) is 31.4 Å². The van der Waals surface area contributed by atoms with Crippen LogP contribution in [-0.4, -0.2) is 36.4 Å². The molecule has 0 unspecified atom stereocenters. The first-order valence-electron chi connectivity index (χ1n) is 6.14. The fourth-order valence-electron chi connectivity index (χ4n) is 2.33. The summed E-state index contributed by atoms with van der Waals surface area (Å²) in [6, 6.07) is 1.43. The second-order valence-electron chi connectivity index (χ2n) is 4.66. The Kier molecular flexibility index (Phi) is 5.05. The van der Waals surface area contributed by atoms with E-state index in [-0.39, 0.29) is 32.9 Å². The number of nitrogens with zero attached hydrogens (tertiary/aromatic N) is 1. The van der Waals surface area contributed by atoms with Crippen LogP contribution >= 0.6 is 34.8 Å². The summed E-state index contributed by atoms with van der Waals surface area (Å²) in [5.74, 6) is -1.18. The number of rotatable bonds is 3. The maximum absolute atomic E-state index is 12.7. The first kappa shape index (κ1) is 16.8. The molecule has 116 valence electrons. The molecule has 5 nitrogen and oxygen atoms in total. The molecule has 21 heavy (non-hydrogen) atoms. The Hall–Kier alpha value is -0.530. The van der Waals surface area contributed by atoms with Crippen molar-refractivity contribution < 1.29 is 18.3 Å². The van der Waals surface area contributed by atoms with Crippen LogP contribution in [0, 0.1) is 0 Å². The van der Waals surface area contributed by atoms with Gasteiger partial charge in [0.1, 0.15) is 10.9 Å². The highest BCUT2D eigenvalue weighted by molar-refractivity contribution is 7.89. The summed E-state index contributed by atoms with van der Waals surface area (Å²) < 4.78 is 26.4. The lowest BCUT2D eigenvalue weighted by molar-refractivity contribution is -0.142. The van der Waals surface area contributed by atoms with E-state index in [2.05, 4.69) is 0 Å². The lowest BCUT2D eigenvalue weighted by atomic mass is 10.1. The van der Waals surface area contributed by atoms with Crippen molar-refractivity contribution in [2.45, 2.75) is 30.2 Å². The van der Waals surface area contributed by atoms with Crippen LogP contribution < -0.4 is 0 Å². The largest absolute Gasteiger partial charge is 0.480 e. The summed E-state index contributed by atoms with van der Waals surface area (Å²) in [5, 5.41) is 9.17. The van der Waals surface area contributed by atoms with Gasteiger partial charge in [-0.3, -0.25) is 4.79 Å². The van der Waals surface area contributed by atoms with E-state index in [0.29, 0.717) is 12.8 Å².